The van der Waals surface area contributed by atoms with E-state index in [0.717, 1.165) is 42.3 Å². The van der Waals surface area contributed by atoms with Gasteiger partial charge in [0, 0.05) is 53.5 Å². The van der Waals surface area contributed by atoms with Crippen LogP contribution in [-0.2, 0) is 14.3 Å². The highest BCUT2D eigenvalue weighted by Gasteiger charge is 2.39. The highest BCUT2D eigenvalue weighted by atomic mass is 16.5. The SMILES string of the molecule is Cc1cc(C(=O)N2CCCC2)cc(N2CCO[C@H]([C@@H](O)C(=O)Nc3ccc4c(N)[nH]cc4c3)C2=O)c1. The van der Waals surface area contributed by atoms with Crippen molar-refractivity contribution in [3.05, 3.63) is 53.7 Å². The number of amides is 3. The molecule has 0 aliphatic carbocycles. The number of carbonyl (C=O) groups is 3. The number of nitrogens with zero attached hydrogens (tertiary/aromatic N) is 2. The van der Waals surface area contributed by atoms with Gasteiger partial charge in [0.25, 0.3) is 17.7 Å². The highest BCUT2D eigenvalue weighted by molar-refractivity contribution is 6.05. The smallest absolute Gasteiger partial charge is 0.259 e. The van der Waals surface area contributed by atoms with E-state index in [1.165, 1.54) is 4.90 Å². The summed E-state index contributed by atoms with van der Waals surface area (Å²) in [6.07, 6.45) is 0.598. The summed E-state index contributed by atoms with van der Waals surface area (Å²) >= 11 is 0. The van der Waals surface area contributed by atoms with E-state index in [9.17, 15) is 19.5 Å². The van der Waals surface area contributed by atoms with Gasteiger partial charge in [-0.25, -0.2) is 0 Å². The zero-order valence-corrected chi connectivity index (χ0v) is 20.0. The number of likely N-dealkylation sites (tertiary alicyclic amines) is 1. The first-order valence-corrected chi connectivity index (χ1v) is 12.0. The molecule has 2 aliphatic heterocycles. The summed E-state index contributed by atoms with van der Waals surface area (Å²) < 4.78 is 5.53. The molecule has 2 atom stereocenters. The number of aromatic amines is 1. The minimum atomic E-state index is -1.72. The van der Waals surface area contributed by atoms with Crippen molar-refractivity contribution < 1.29 is 24.2 Å². The van der Waals surface area contributed by atoms with E-state index in [2.05, 4.69) is 10.3 Å². The van der Waals surface area contributed by atoms with Gasteiger partial charge in [-0.05, 0) is 61.7 Å². The molecule has 0 spiro atoms. The molecule has 10 heteroatoms. The normalized spacial score (nSPS) is 19.1. The predicted molar refractivity (Wildman–Crippen MR) is 136 cm³/mol. The van der Waals surface area contributed by atoms with Crippen molar-refractivity contribution >= 4 is 45.7 Å². The van der Waals surface area contributed by atoms with Gasteiger partial charge in [-0.15, -0.1) is 0 Å². The second kappa shape index (κ2) is 9.63. The molecule has 2 aromatic carbocycles. The number of nitrogens with two attached hydrogens (primary N) is 1. The Morgan fingerprint density at radius 3 is 2.72 bits per heavy atom. The number of nitrogen functional groups attached to an aromatic ring is 1. The lowest BCUT2D eigenvalue weighted by molar-refractivity contribution is -0.150. The zero-order chi connectivity index (χ0) is 25.4. The topological polar surface area (TPSA) is 141 Å². The quantitative estimate of drug-likeness (QED) is 0.430. The summed E-state index contributed by atoms with van der Waals surface area (Å²) in [5.41, 5.74) is 8.20. The van der Waals surface area contributed by atoms with Crippen molar-refractivity contribution in [3.63, 3.8) is 0 Å². The summed E-state index contributed by atoms with van der Waals surface area (Å²) in [5, 5.41) is 15.0. The number of ether oxygens (including phenoxy) is 1. The van der Waals surface area contributed by atoms with E-state index in [1.807, 2.05) is 24.0 Å². The Labute approximate surface area is 208 Å². The van der Waals surface area contributed by atoms with E-state index in [0.29, 0.717) is 22.8 Å². The number of hydrogen-bond acceptors (Lipinski definition) is 6. The van der Waals surface area contributed by atoms with Gasteiger partial charge in [-0.3, -0.25) is 14.4 Å². The number of aryl methyl sites for hydroxylation is 1. The third-order valence-electron chi connectivity index (χ3n) is 6.68. The van der Waals surface area contributed by atoms with Crippen molar-refractivity contribution in [1.29, 1.82) is 0 Å². The third kappa shape index (κ3) is 4.52. The van der Waals surface area contributed by atoms with E-state index >= 15 is 0 Å². The van der Waals surface area contributed by atoms with Gasteiger partial charge in [-0.2, -0.15) is 0 Å². The summed E-state index contributed by atoms with van der Waals surface area (Å²) in [6, 6.07) is 10.5. The molecule has 2 fully saturated rings. The molecule has 188 valence electrons. The summed E-state index contributed by atoms with van der Waals surface area (Å²) in [4.78, 5) is 45.2. The molecule has 10 nitrogen and oxygen atoms in total. The van der Waals surface area contributed by atoms with Gasteiger partial charge in [0.15, 0.2) is 12.2 Å². The van der Waals surface area contributed by atoms with Crippen LogP contribution < -0.4 is 16.0 Å². The number of aliphatic hydroxyl groups is 1. The van der Waals surface area contributed by atoms with Gasteiger partial charge in [0.1, 0.15) is 5.82 Å². The Morgan fingerprint density at radius 1 is 1.17 bits per heavy atom. The Kier molecular flexibility index (Phi) is 6.38. The van der Waals surface area contributed by atoms with Crippen LogP contribution in [0, 0.1) is 6.92 Å². The van der Waals surface area contributed by atoms with E-state index in [-0.39, 0.29) is 19.1 Å². The number of hydrogen-bond donors (Lipinski definition) is 4. The minimum absolute atomic E-state index is 0.0599. The molecule has 5 rings (SSSR count). The van der Waals surface area contributed by atoms with Crippen molar-refractivity contribution in [2.45, 2.75) is 32.0 Å². The minimum Gasteiger partial charge on any atom is -0.385 e. The number of carbonyl (C=O) groups excluding carboxylic acids is 3. The fourth-order valence-corrected chi connectivity index (χ4v) is 4.83. The standard InChI is InChI=1S/C26H29N5O5/c1-15-10-16(25(34)30-6-2-3-7-30)13-19(11-15)31-8-9-36-22(26(31)35)21(32)24(33)29-18-4-5-20-17(12-18)14-28-23(20)27/h4-5,10-14,21-22,28,32H,2-3,6-9,27H2,1H3,(H,29,33)/t21-,22-/m1/s1. The maximum Gasteiger partial charge on any atom is 0.259 e. The molecule has 2 aliphatic rings. The number of fused-ring (bicyclic) bond motifs is 1. The van der Waals surface area contributed by atoms with Gasteiger partial charge in [0.2, 0.25) is 0 Å². The Bertz CT molecular complexity index is 1330. The predicted octanol–water partition coefficient (Wildman–Crippen LogP) is 2.03. The summed E-state index contributed by atoms with van der Waals surface area (Å²) in [7, 11) is 0. The Hall–Kier alpha value is -3.89. The summed E-state index contributed by atoms with van der Waals surface area (Å²) in [5.74, 6) is -0.837. The number of nitrogens with one attached hydrogen (secondary N) is 2. The van der Waals surface area contributed by atoms with Crippen LogP contribution >= 0.6 is 0 Å². The fraction of sp³-hybridized carbons (Fsp3) is 0.346. The molecule has 0 saturated carbocycles. The van der Waals surface area contributed by atoms with Crippen LogP contribution in [0.3, 0.4) is 0 Å². The van der Waals surface area contributed by atoms with Crippen LogP contribution in [0.2, 0.25) is 0 Å². The summed E-state index contributed by atoms with van der Waals surface area (Å²) in [6.45, 7) is 3.71. The number of morpholine rings is 1. The molecular weight excluding hydrogens is 462 g/mol. The number of H-pyrrole nitrogens is 1. The van der Waals surface area contributed by atoms with Gasteiger partial charge >= 0.3 is 0 Å². The average molecular weight is 492 g/mol. The van der Waals surface area contributed by atoms with Crippen molar-refractivity contribution in [2.75, 3.05) is 42.2 Å². The third-order valence-corrected chi connectivity index (χ3v) is 6.68. The molecule has 3 heterocycles. The van der Waals surface area contributed by atoms with Crippen LogP contribution in [0.4, 0.5) is 17.2 Å². The second-order valence-corrected chi connectivity index (χ2v) is 9.28. The van der Waals surface area contributed by atoms with Gasteiger partial charge in [0.05, 0.1) is 6.61 Å². The molecule has 0 unspecified atom stereocenters. The maximum atomic E-state index is 13.3. The van der Waals surface area contributed by atoms with Crippen LogP contribution in [0.25, 0.3) is 10.8 Å². The lowest BCUT2D eigenvalue weighted by Crippen LogP contribution is -2.55. The van der Waals surface area contributed by atoms with E-state index in [1.54, 1.807) is 30.5 Å². The number of anilines is 3. The number of rotatable bonds is 5. The molecule has 3 amide bonds. The molecule has 0 bridgehead atoms. The van der Waals surface area contributed by atoms with Crippen LogP contribution in [-0.4, -0.2) is 71.2 Å². The molecule has 3 aromatic rings. The number of aliphatic hydroxyl groups excluding tert-OH is 1. The average Bonchev–Trinajstić information content (AvgIpc) is 3.53. The molecule has 2 saturated heterocycles. The molecule has 36 heavy (non-hydrogen) atoms. The van der Waals surface area contributed by atoms with Crippen LogP contribution in [0.15, 0.2) is 42.6 Å². The monoisotopic (exact) mass is 491 g/mol. The van der Waals surface area contributed by atoms with Crippen molar-refractivity contribution in [3.8, 4) is 0 Å². The van der Waals surface area contributed by atoms with E-state index < -0.39 is 24.0 Å². The van der Waals surface area contributed by atoms with Crippen LogP contribution in [0.5, 0.6) is 0 Å². The fourth-order valence-electron chi connectivity index (χ4n) is 4.83. The molecular formula is C26H29N5O5. The lowest BCUT2D eigenvalue weighted by atomic mass is 10.1. The highest BCUT2D eigenvalue weighted by Crippen LogP contribution is 2.26. The maximum absolute atomic E-state index is 13.3. The largest absolute Gasteiger partial charge is 0.385 e. The van der Waals surface area contributed by atoms with Gasteiger partial charge in [-0.1, -0.05) is 0 Å². The Morgan fingerprint density at radius 2 is 1.94 bits per heavy atom. The second-order valence-electron chi connectivity index (χ2n) is 9.28. The first kappa shape index (κ1) is 23.8. The number of aromatic nitrogens is 1. The van der Waals surface area contributed by atoms with E-state index in [4.69, 9.17) is 10.5 Å². The first-order valence-electron chi connectivity index (χ1n) is 12.0. The zero-order valence-electron chi connectivity index (χ0n) is 20.0. The Balaban J connectivity index is 1.32. The molecule has 1 aromatic heterocycles. The van der Waals surface area contributed by atoms with Crippen molar-refractivity contribution in [2.24, 2.45) is 0 Å². The lowest BCUT2D eigenvalue weighted by Gasteiger charge is -2.34. The first-order chi connectivity index (χ1) is 17.3. The number of benzene rings is 2. The molecule has 5 N–H and O–H groups in total. The van der Waals surface area contributed by atoms with Gasteiger partial charge < -0.3 is 35.7 Å². The molecule has 0 radical (unpaired) electrons. The van der Waals surface area contributed by atoms with Crippen molar-refractivity contribution in [1.82, 2.24) is 9.88 Å². The van der Waals surface area contributed by atoms with Crippen LogP contribution in [0.1, 0.15) is 28.8 Å².